The van der Waals surface area contributed by atoms with E-state index in [4.69, 9.17) is 8.74 Å². The molecule has 0 saturated heterocycles. The molecule has 2 fully saturated rings. The molecule has 6 heteroatoms. The average Bonchev–Trinajstić information content (AvgIpc) is 3.00. The number of hydrogen-bond donors (Lipinski definition) is 2. The van der Waals surface area contributed by atoms with Crippen molar-refractivity contribution in [3.8, 4) is 0 Å². The minimum absolute atomic E-state index is 0.0231. The highest BCUT2D eigenvalue weighted by molar-refractivity contribution is 7.80. The molecular weight excluding hydrogens is 448 g/mol. The van der Waals surface area contributed by atoms with Crippen LogP contribution in [0.5, 0.6) is 0 Å². The lowest BCUT2D eigenvalue weighted by atomic mass is 9.60. The molecule has 0 aliphatic heterocycles. The van der Waals surface area contributed by atoms with Gasteiger partial charge in [0, 0.05) is 0 Å². The van der Waals surface area contributed by atoms with E-state index < -0.39 is 22.1 Å². The van der Waals surface area contributed by atoms with Crippen molar-refractivity contribution in [3.63, 3.8) is 0 Å². The Morgan fingerprint density at radius 1 is 1.18 bits per heavy atom. The lowest BCUT2D eigenvalue weighted by Gasteiger charge is -2.46. The predicted octanol–water partition coefficient (Wildman–Crippen LogP) is 7.36. The van der Waals surface area contributed by atoms with Crippen LogP contribution in [0.1, 0.15) is 120 Å². The molecule has 7 atom stereocenters. The minimum Gasteiger partial charge on any atom is -0.390 e. The largest absolute Gasteiger partial charge is 0.397 e. The fourth-order valence-corrected chi connectivity index (χ4v) is 7.54. The van der Waals surface area contributed by atoms with Gasteiger partial charge in [-0.1, -0.05) is 53.2 Å². The van der Waals surface area contributed by atoms with Crippen molar-refractivity contribution in [2.24, 2.45) is 34.5 Å². The molecule has 0 bridgehead atoms. The third kappa shape index (κ3) is 7.54. The van der Waals surface area contributed by atoms with E-state index in [2.05, 4.69) is 47.6 Å². The second-order valence-electron chi connectivity index (χ2n) is 12.8. The van der Waals surface area contributed by atoms with Crippen LogP contribution in [0.2, 0.25) is 0 Å². The number of hydrogen-bond acceptors (Lipinski definition) is 4. The maximum Gasteiger partial charge on any atom is 0.397 e. The zero-order chi connectivity index (χ0) is 25.9. The Morgan fingerprint density at radius 3 is 2.38 bits per heavy atom. The standard InChI is InChI=1S/C28H52O5S/c1-9-10-23-19-24(33-34(30,31)32)15-18-27(23,7)22(4)14-17-28(8)21(3)11-12-25(28)20(2)13-16-26(5,6)29/h10,20-22,24-25,29H,9,11-19H2,1-8H3,(H,30,31,32)/b23-10-/t20-,21-,22-,24+,25-,27-,28+/m1/s1. The first kappa shape index (κ1) is 29.8. The first-order valence-corrected chi connectivity index (χ1v) is 15.0. The van der Waals surface area contributed by atoms with E-state index in [1.54, 1.807) is 0 Å². The van der Waals surface area contributed by atoms with E-state index in [0.29, 0.717) is 41.9 Å². The van der Waals surface area contributed by atoms with Gasteiger partial charge in [-0.05, 0) is 113 Å². The zero-order valence-electron chi connectivity index (χ0n) is 23.1. The Kier molecular flexibility index (Phi) is 9.91. The molecule has 2 saturated carbocycles. The fraction of sp³-hybridized carbons (Fsp3) is 0.929. The van der Waals surface area contributed by atoms with Gasteiger partial charge in [0.15, 0.2) is 0 Å². The first-order valence-electron chi connectivity index (χ1n) is 13.6. The first-order chi connectivity index (χ1) is 15.5. The monoisotopic (exact) mass is 500 g/mol. The summed E-state index contributed by atoms with van der Waals surface area (Å²) in [6.45, 7) is 18.0. The highest BCUT2D eigenvalue weighted by Crippen LogP contribution is 2.56. The molecule has 2 aliphatic carbocycles. The van der Waals surface area contributed by atoms with Crippen molar-refractivity contribution >= 4 is 10.4 Å². The predicted molar refractivity (Wildman–Crippen MR) is 140 cm³/mol. The molecule has 2 aliphatic rings. The SMILES string of the molecule is CC/C=C1/C[C@@H](OS(=O)(=O)O)CC[C@]1(C)[C@H](C)CC[C@@]1(C)[C@H](C)CC[C@@H]1[C@H](C)CCC(C)(C)O. The maximum absolute atomic E-state index is 11.3. The summed E-state index contributed by atoms with van der Waals surface area (Å²) in [4.78, 5) is 0. The van der Waals surface area contributed by atoms with Gasteiger partial charge in [-0.25, -0.2) is 4.18 Å². The molecule has 0 aromatic heterocycles. The quantitative estimate of drug-likeness (QED) is 0.229. The summed E-state index contributed by atoms with van der Waals surface area (Å²) >= 11 is 0. The summed E-state index contributed by atoms with van der Waals surface area (Å²) in [5, 5.41) is 10.2. The van der Waals surface area contributed by atoms with E-state index in [1.807, 2.05) is 13.8 Å². The molecule has 0 aromatic rings. The van der Waals surface area contributed by atoms with Gasteiger partial charge in [0.25, 0.3) is 0 Å². The second kappa shape index (κ2) is 11.3. The fourth-order valence-electron chi connectivity index (χ4n) is 7.03. The summed E-state index contributed by atoms with van der Waals surface area (Å²) in [5.41, 5.74) is 1.01. The van der Waals surface area contributed by atoms with Crippen LogP contribution in [-0.2, 0) is 14.6 Å². The summed E-state index contributed by atoms with van der Waals surface area (Å²) in [6.07, 6.45) is 11.6. The van der Waals surface area contributed by atoms with Crippen molar-refractivity contribution in [1.82, 2.24) is 0 Å². The molecule has 0 radical (unpaired) electrons. The molecule has 200 valence electrons. The van der Waals surface area contributed by atoms with Crippen LogP contribution < -0.4 is 0 Å². The van der Waals surface area contributed by atoms with E-state index in [-0.39, 0.29) is 5.41 Å². The Labute approximate surface area is 210 Å². The molecule has 2 N–H and O–H groups in total. The summed E-state index contributed by atoms with van der Waals surface area (Å²) in [6, 6.07) is 0. The van der Waals surface area contributed by atoms with Crippen LogP contribution in [0, 0.1) is 34.5 Å². The van der Waals surface area contributed by atoms with E-state index in [1.165, 1.54) is 24.8 Å². The van der Waals surface area contributed by atoms with Gasteiger partial charge < -0.3 is 5.11 Å². The van der Waals surface area contributed by atoms with Crippen LogP contribution in [0.4, 0.5) is 0 Å². The second-order valence-corrected chi connectivity index (χ2v) is 13.9. The Morgan fingerprint density at radius 2 is 1.82 bits per heavy atom. The Hall–Kier alpha value is -0.430. The summed E-state index contributed by atoms with van der Waals surface area (Å²) in [5.74, 6) is 2.48. The molecule has 0 unspecified atom stereocenters. The number of rotatable bonds is 11. The minimum atomic E-state index is -4.43. The molecule has 34 heavy (non-hydrogen) atoms. The topological polar surface area (TPSA) is 83.8 Å². The summed E-state index contributed by atoms with van der Waals surface area (Å²) < 4.78 is 36.6. The van der Waals surface area contributed by atoms with Gasteiger partial charge >= 0.3 is 10.4 Å². The van der Waals surface area contributed by atoms with Crippen LogP contribution in [0.25, 0.3) is 0 Å². The Balaban J connectivity index is 2.10. The van der Waals surface area contributed by atoms with Gasteiger partial charge in [-0.3, -0.25) is 4.55 Å². The van der Waals surface area contributed by atoms with Crippen molar-refractivity contribution < 1.29 is 22.3 Å². The van der Waals surface area contributed by atoms with Crippen LogP contribution in [0.3, 0.4) is 0 Å². The van der Waals surface area contributed by atoms with Crippen LogP contribution in [0.15, 0.2) is 11.6 Å². The third-order valence-corrected chi connectivity index (χ3v) is 10.4. The number of aliphatic hydroxyl groups is 1. The molecule has 0 amide bonds. The zero-order valence-corrected chi connectivity index (χ0v) is 23.9. The molecular formula is C28H52O5S. The Bertz CT molecular complexity index is 798. The molecule has 0 heterocycles. The van der Waals surface area contributed by atoms with Crippen molar-refractivity contribution in [1.29, 1.82) is 0 Å². The van der Waals surface area contributed by atoms with Gasteiger partial charge in [0.2, 0.25) is 0 Å². The van der Waals surface area contributed by atoms with Crippen LogP contribution >= 0.6 is 0 Å². The van der Waals surface area contributed by atoms with Crippen LogP contribution in [-0.4, -0.2) is 29.8 Å². The normalized spacial score (nSPS) is 36.1. The lowest BCUT2D eigenvalue weighted by Crippen LogP contribution is -2.38. The third-order valence-electron chi connectivity index (χ3n) is 9.86. The van der Waals surface area contributed by atoms with Crippen molar-refractivity contribution in [2.75, 3.05) is 0 Å². The molecule has 0 spiro atoms. The van der Waals surface area contributed by atoms with Crippen molar-refractivity contribution in [3.05, 3.63) is 11.6 Å². The van der Waals surface area contributed by atoms with Gasteiger partial charge in [-0.15, -0.1) is 0 Å². The highest BCUT2D eigenvalue weighted by atomic mass is 32.3. The van der Waals surface area contributed by atoms with Gasteiger partial charge in [0.1, 0.15) is 0 Å². The maximum atomic E-state index is 11.3. The van der Waals surface area contributed by atoms with Gasteiger partial charge in [0.05, 0.1) is 11.7 Å². The lowest BCUT2D eigenvalue weighted by molar-refractivity contribution is 0.0424. The summed E-state index contributed by atoms with van der Waals surface area (Å²) in [7, 11) is -4.43. The highest BCUT2D eigenvalue weighted by Gasteiger charge is 2.47. The molecule has 5 nitrogen and oxygen atoms in total. The smallest absolute Gasteiger partial charge is 0.390 e. The van der Waals surface area contributed by atoms with Gasteiger partial charge in [-0.2, -0.15) is 8.42 Å². The van der Waals surface area contributed by atoms with E-state index in [0.717, 1.165) is 32.1 Å². The van der Waals surface area contributed by atoms with E-state index in [9.17, 15) is 13.5 Å². The molecule has 0 aromatic carbocycles. The van der Waals surface area contributed by atoms with E-state index >= 15 is 0 Å². The number of allylic oxidation sites excluding steroid dienone is 1. The average molecular weight is 501 g/mol. The van der Waals surface area contributed by atoms with Crippen molar-refractivity contribution in [2.45, 2.75) is 131 Å². The molecule has 2 rings (SSSR count).